The van der Waals surface area contributed by atoms with Gasteiger partial charge in [0.1, 0.15) is 5.82 Å². The highest BCUT2D eigenvalue weighted by atomic mass is 32.2. The molecule has 2 N–H and O–H groups in total. The molecule has 0 aliphatic carbocycles. The first-order valence-electron chi connectivity index (χ1n) is 6.02. The van der Waals surface area contributed by atoms with Crippen molar-refractivity contribution in [3.63, 3.8) is 0 Å². The summed E-state index contributed by atoms with van der Waals surface area (Å²) < 4.78 is 37.3. The molecule has 0 fully saturated rings. The quantitative estimate of drug-likeness (QED) is 0.864. The zero-order valence-corrected chi connectivity index (χ0v) is 11.6. The van der Waals surface area contributed by atoms with Crippen LogP contribution in [-0.4, -0.2) is 14.2 Å². The van der Waals surface area contributed by atoms with Crippen molar-refractivity contribution in [3.05, 3.63) is 35.1 Å². The maximum Gasteiger partial charge on any atom is 0.154 e. The van der Waals surface area contributed by atoms with Gasteiger partial charge in [-0.2, -0.15) is 0 Å². The molecule has 3 nitrogen and oxygen atoms in total. The van der Waals surface area contributed by atoms with Crippen molar-refractivity contribution in [2.45, 2.75) is 32.6 Å². The zero-order chi connectivity index (χ0) is 13.8. The summed E-state index contributed by atoms with van der Waals surface area (Å²) >= 11 is 0. The first-order valence-corrected chi connectivity index (χ1v) is 7.84. The van der Waals surface area contributed by atoms with Crippen LogP contribution in [0.5, 0.6) is 0 Å². The average Bonchev–Trinajstić information content (AvgIpc) is 2.29. The fraction of sp³-hybridized carbons (Fsp3) is 0.538. The Hall–Kier alpha value is -0.940. The minimum Gasteiger partial charge on any atom is -0.326 e. The number of benzene rings is 1. The highest BCUT2D eigenvalue weighted by Crippen LogP contribution is 2.15. The van der Waals surface area contributed by atoms with E-state index in [0.29, 0.717) is 17.9 Å². The van der Waals surface area contributed by atoms with Crippen molar-refractivity contribution in [2.24, 2.45) is 11.7 Å². The zero-order valence-electron chi connectivity index (χ0n) is 10.8. The second-order valence-corrected chi connectivity index (χ2v) is 7.09. The maximum absolute atomic E-state index is 13.6. The summed E-state index contributed by atoms with van der Waals surface area (Å²) in [5.74, 6) is -0.311. The minimum atomic E-state index is -3.24. The van der Waals surface area contributed by atoms with Gasteiger partial charge in [0.2, 0.25) is 0 Å². The summed E-state index contributed by atoms with van der Waals surface area (Å²) in [6.45, 7) is 4.18. The third kappa shape index (κ3) is 4.74. The van der Waals surface area contributed by atoms with E-state index in [1.54, 1.807) is 6.07 Å². The monoisotopic (exact) mass is 273 g/mol. The third-order valence-corrected chi connectivity index (χ3v) is 4.34. The lowest BCUT2D eigenvalue weighted by molar-refractivity contribution is 0.568. The van der Waals surface area contributed by atoms with Gasteiger partial charge < -0.3 is 5.73 Å². The molecule has 0 aromatic heterocycles. The Balaban J connectivity index is 2.78. The van der Waals surface area contributed by atoms with Gasteiger partial charge in [-0.25, -0.2) is 12.8 Å². The molecule has 0 spiro atoms. The molecule has 1 aromatic carbocycles. The molecule has 1 rings (SSSR count). The predicted octanol–water partition coefficient (Wildman–Crippen LogP) is 2.25. The van der Waals surface area contributed by atoms with Gasteiger partial charge in [-0.1, -0.05) is 26.0 Å². The van der Waals surface area contributed by atoms with E-state index < -0.39 is 15.7 Å². The molecule has 1 aromatic rings. The second-order valence-electron chi connectivity index (χ2n) is 4.90. The van der Waals surface area contributed by atoms with E-state index >= 15 is 0 Å². The van der Waals surface area contributed by atoms with E-state index in [0.717, 1.165) is 0 Å². The van der Waals surface area contributed by atoms with Crippen LogP contribution in [0.4, 0.5) is 4.39 Å². The van der Waals surface area contributed by atoms with Crippen LogP contribution in [0.25, 0.3) is 0 Å². The van der Waals surface area contributed by atoms with Crippen molar-refractivity contribution in [1.82, 2.24) is 0 Å². The molecule has 0 heterocycles. The first kappa shape index (κ1) is 15.1. The Morgan fingerprint density at radius 2 is 2.00 bits per heavy atom. The lowest BCUT2D eigenvalue weighted by atomic mass is 10.1. The SMILES string of the molecule is CC(C)CCS(=O)(=O)Cc1ccc(CN)cc1F. The van der Waals surface area contributed by atoms with Crippen LogP contribution in [0.1, 0.15) is 31.4 Å². The van der Waals surface area contributed by atoms with E-state index in [1.807, 2.05) is 13.8 Å². The molecule has 0 saturated carbocycles. The van der Waals surface area contributed by atoms with Gasteiger partial charge in [0.15, 0.2) is 9.84 Å². The standard InChI is InChI=1S/C13H20FNO2S/c1-10(2)5-6-18(16,17)9-12-4-3-11(8-15)7-13(12)14/h3-4,7,10H,5-6,8-9,15H2,1-2H3. The fourth-order valence-corrected chi connectivity index (χ4v) is 3.24. The smallest absolute Gasteiger partial charge is 0.154 e. The van der Waals surface area contributed by atoms with Crippen LogP contribution in [0.15, 0.2) is 18.2 Å². The summed E-state index contributed by atoms with van der Waals surface area (Å²) in [7, 11) is -3.24. The minimum absolute atomic E-state index is 0.0999. The van der Waals surface area contributed by atoms with Gasteiger partial charge in [0, 0.05) is 12.1 Å². The molecule has 0 atom stereocenters. The summed E-state index contributed by atoms with van der Waals surface area (Å²) in [4.78, 5) is 0. The summed E-state index contributed by atoms with van der Waals surface area (Å²) in [6, 6.07) is 4.47. The van der Waals surface area contributed by atoms with Crippen LogP contribution in [0.3, 0.4) is 0 Å². The number of halogens is 1. The van der Waals surface area contributed by atoms with Crippen LogP contribution < -0.4 is 5.73 Å². The van der Waals surface area contributed by atoms with Crippen LogP contribution >= 0.6 is 0 Å². The van der Waals surface area contributed by atoms with E-state index in [4.69, 9.17) is 5.73 Å². The predicted molar refractivity (Wildman–Crippen MR) is 71.2 cm³/mol. The Morgan fingerprint density at radius 3 is 2.50 bits per heavy atom. The number of sulfone groups is 1. The van der Waals surface area contributed by atoms with E-state index in [1.165, 1.54) is 12.1 Å². The molecule has 0 aliphatic rings. The number of hydrogen-bond donors (Lipinski definition) is 1. The molecular formula is C13H20FNO2S. The highest BCUT2D eigenvalue weighted by Gasteiger charge is 2.15. The van der Waals surface area contributed by atoms with Gasteiger partial charge in [-0.3, -0.25) is 0 Å². The van der Waals surface area contributed by atoms with E-state index in [-0.39, 0.29) is 23.6 Å². The Kier molecular flexibility index (Phi) is 5.28. The molecule has 0 bridgehead atoms. The number of rotatable bonds is 6. The normalized spacial score (nSPS) is 12.1. The van der Waals surface area contributed by atoms with Crippen molar-refractivity contribution in [1.29, 1.82) is 0 Å². The first-order chi connectivity index (χ1) is 8.34. The van der Waals surface area contributed by atoms with E-state index in [9.17, 15) is 12.8 Å². The Morgan fingerprint density at radius 1 is 1.33 bits per heavy atom. The van der Waals surface area contributed by atoms with Crippen LogP contribution in [-0.2, 0) is 22.1 Å². The van der Waals surface area contributed by atoms with E-state index in [2.05, 4.69) is 0 Å². The second kappa shape index (κ2) is 6.29. The molecule has 0 saturated heterocycles. The van der Waals surface area contributed by atoms with Gasteiger partial charge in [-0.05, 0) is 24.0 Å². The lowest BCUT2D eigenvalue weighted by Crippen LogP contribution is -2.12. The molecule has 0 unspecified atom stereocenters. The average molecular weight is 273 g/mol. The van der Waals surface area contributed by atoms with Crippen molar-refractivity contribution in [2.75, 3.05) is 5.75 Å². The molecule has 18 heavy (non-hydrogen) atoms. The summed E-state index contributed by atoms with van der Waals surface area (Å²) in [6.07, 6.45) is 0.602. The fourth-order valence-electron chi connectivity index (χ4n) is 1.56. The van der Waals surface area contributed by atoms with Crippen molar-refractivity contribution >= 4 is 9.84 Å². The third-order valence-electron chi connectivity index (χ3n) is 2.73. The van der Waals surface area contributed by atoms with Crippen LogP contribution in [0, 0.1) is 11.7 Å². The number of hydrogen-bond acceptors (Lipinski definition) is 3. The van der Waals surface area contributed by atoms with Crippen molar-refractivity contribution in [3.8, 4) is 0 Å². The van der Waals surface area contributed by atoms with Gasteiger partial charge in [0.05, 0.1) is 11.5 Å². The Labute approximate surface area is 108 Å². The summed E-state index contributed by atoms with van der Waals surface area (Å²) in [5, 5.41) is 0. The molecule has 0 radical (unpaired) electrons. The molecule has 102 valence electrons. The van der Waals surface area contributed by atoms with Gasteiger partial charge >= 0.3 is 0 Å². The highest BCUT2D eigenvalue weighted by molar-refractivity contribution is 7.90. The van der Waals surface area contributed by atoms with Crippen LogP contribution in [0.2, 0.25) is 0 Å². The molecule has 5 heteroatoms. The molecular weight excluding hydrogens is 253 g/mol. The van der Waals surface area contributed by atoms with Gasteiger partial charge in [-0.15, -0.1) is 0 Å². The van der Waals surface area contributed by atoms with Crippen molar-refractivity contribution < 1.29 is 12.8 Å². The largest absolute Gasteiger partial charge is 0.326 e. The molecule has 0 aliphatic heterocycles. The lowest BCUT2D eigenvalue weighted by Gasteiger charge is -2.08. The number of nitrogens with two attached hydrogens (primary N) is 1. The maximum atomic E-state index is 13.6. The summed E-state index contributed by atoms with van der Waals surface area (Å²) in [5.41, 5.74) is 6.27. The Bertz CT molecular complexity index is 498. The topological polar surface area (TPSA) is 60.2 Å². The molecule has 0 amide bonds. The van der Waals surface area contributed by atoms with Gasteiger partial charge in [0.25, 0.3) is 0 Å².